The van der Waals surface area contributed by atoms with Crippen LogP contribution in [0.4, 0.5) is 4.39 Å². The molecule has 4 aromatic rings. The molecule has 2 amide bonds. The van der Waals surface area contributed by atoms with Crippen molar-refractivity contribution in [3.63, 3.8) is 0 Å². The van der Waals surface area contributed by atoms with Crippen LogP contribution in [0.3, 0.4) is 0 Å². The fraction of sp³-hybridized carbons (Fsp3) is 0.321. The second-order valence-corrected chi connectivity index (χ2v) is 10.3. The van der Waals surface area contributed by atoms with Crippen molar-refractivity contribution in [2.45, 2.75) is 38.1 Å². The van der Waals surface area contributed by atoms with Gasteiger partial charge in [-0.05, 0) is 71.5 Å². The predicted molar refractivity (Wildman–Crippen MR) is 146 cm³/mol. The molecule has 1 fully saturated rings. The molecule has 0 unspecified atom stereocenters. The molecule has 40 heavy (non-hydrogen) atoms. The SMILES string of the molecule is COc1ccc(-c2nnn(CC(=O)N(Cc3cccs3)[C@H](C(=O)NC[C@H]3CCCO3)c3ccc(F)cc3)n2)cc1. The van der Waals surface area contributed by atoms with Gasteiger partial charge in [0.1, 0.15) is 24.2 Å². The number of halogens is 1. The van der Waals surface area contributed by atoms with Crippen molar-refractivity contribution in [1.82, 2.24) is 30.4 Å². The molecule has 12 heteroatoms. The van der Waals surface area contributed by atoms with E-state index in [1.165, 1.54) is 45.3 Å². The van der Waals surface area contributed by atoms with Crippen molar-refractivity contribution < 1.29 is 23.5 Å². The minimum absolute atomic E-state index is 0.0741. The van der Waals surface area contributed by atoms with E-state index >= 15 is 0 Å². The molecule has 10 nitrogen and oxygen atoms in total. The summed E-state index contributed by atoms with van der Waals surface area (Å²) in [5, 5.41) is 17.4. The number of methoxy groups -OCH3 is 1. The number of nitrogens with one attached hydrogen (secondary N) is 1. The Balaban J connectivity index is 1.41. The molecule has 2 aromatic carbocycles. The largest absolute Gasteiger partial charge is 0.497 e. The van der Waals surface area contributed by atoms with Gasteiger partial charge in [-0.2, -0.15) is 4.80 Å². The number of amides is 2. The number of benzene rings is 2. The summed E-state index contributed by atoms with van der Waals surface area (Å²) in [5.74, 6) is -0.160. The topological polar surface area (TPSA) is 111 Å². The molecule has 0 saturated carbocycles. The monoisotopic (exact) mass is 564 g/mol. The van der Waals surface area contributed by atoms with Crippen molar-refractivity contribution >= 4 is 23.2 Å². The number of rotatable bonds is 11. The van der Waals surface area contributed by atoms with E-state index in [0.717, 1.165) is 17.7 Å². The lowest BCUT2D eigenvalue weighted by molar-refractivity contribution is -0.142. The molecule has 1 aliphatic heterocycles. The number of hydrogen-bond donors (Lipinski definition) is 1. The third-order valence-corrected chi connectivity index (χ3v) is 7.44. The third-order valence-electron chi connectivity index (χ3n) is 6.58. The van der Waals surface area contributed by atoms with E-state index in [0.29, 0.717) is 35.9 Å². The minimum atomic E-state index is -1.01. The van der Waals surface area contributed by atoms with E-state index in [2.05, 4.69) is 20.7 Å². The lowest BCUT2D eigenvalue weighted by atomic mass is 10.0. The van der Waals surface area contributed by atoms with Gasteiger partial charge in [-0.25, -0.2) is 4.39 Å². The minimum Gasteiger partial charge on any atom is -0.497 e. The van der Waals surface area contributed by atoms with E-state index in [1.54, 1.807) is 31.4 Å². The first-order valence-corrected chi connectivity index (χ1v) is 13.8. The Kier molecular flexibility index (Phi) is 8.77. The van der Waals surface area contributed by atoms with Crippen LogP contribution in [0.25, 0.3) is 11.4 Å². The fourth-order valence-corrected chi connectivity index (χ4v) is 5.21. The second kappa shape index (κ2) is 12.8. The number of thiophene rings is 1. The maximum Gasteiger partial charge on any atom is 0.247 e. The van der Waals surface area contributed by atoms with Gasteiger partial charge in [0.25, 0.3) is 0 Å². The summed E-state index contributed by atoms with van der Waals surface area (Å²) in [6, 6.07) is 15.5. The Hall–Kier alpha value is -4.16. The smallest absolute Gasteiger partial charge is 0.247 e. The van der Waals surface area contributed by atoms with Gasteiger partial charge < -0.3 is 19.7 Å². The van der Waals surface area contributed by atoms with Crippen molar-refractivity contribution in [3.8, 4) is 17.1 Å². The van der Waals surface area contributed by atoms with Crippen LogP contribution in [0, 0.1) is 5.82 Å². The first kappa shape index (κ1) is 27.4. The molecular weight excluding hydrogens is 535 g/mol. The quantitative estimate of drug-likeness (QED) is 0.296. The molecule has 2 aromatic heterocycles. The molecule has 0 spiro atoms. The zero-order chi connectivity index (χ0) is 27.9. The van der Waals surface area contributed by atoms with Crippen molar-refractivity contribution in [2.24, 2.45) is 0 Å². The fourth-order valence-electron chi connectivity index (χ4n) is 4.51. The van der Waals surface area contributed by atoms with Crippen molar-refractivity contribution in [2.75, 3.05) is 20.3 Å². The van der Waals surface area contributed by atoms with E-state index in [4.69, 9.17) is 9.47 Å². The molecule has 208 valence electrons. The number of nitrogens with zero attached hydrogens (tertiary/aromatic N) is 5. The Bertz CT molecular complexity index is 1410. The summed E-state index contributed by atoms with van der Waals surface area (Å²) in [5.41, 5.74) is 1.20. The number of carbonyl (C=O) groups excluding carboxylic acids is 2. The van der Waals surface area contributed by atoms with Gasteiger partial charge in [-0.15, -0.1) is 21.5 Å². The van der Waals surface area contributed by atoms with Gasteiger partial charge in [0, 0.05) is 23.6 Å². The number of hydrogen-bond acceptors (Lipinski definition) is 8. The molecule has 0 radical (unpaired) electrons. The van der Waals surface area contributed by atoms with E-state index < -0.39 is 17.8 Å². The van der Waals surface area contributed by atoms with Gasteiger partial charge in [0.15, 0.2) is 0 Å². The molecule has 0 bridgehead atoms. The lowest BCUT2D eigenvalue weighted by Gasteiger charge is -2.31. The van der Waals surface area contributed by atoms with Crippen LogP contribution in [0.2, 0.25) is 0 Å². The molecule has 5 rings (SSSR count). The molecule has 2 atom stereocenters. The van der Waals surface area contributed by atoms with E-state index in [9.17, 15) is 14.0 Å². The van der Waals surface area contributed by atoms with Crippen LogP contribution in [0.5, 0.6) is 5.75 Å². The predicted octanol–water partition coefficient (Wildman–Crippen LogP) is 3.61. The Morgan fingerprint density at radius 3 is 2.67 bits per heavy atom. The van der Waals surface area contributed by atoms with Crippen LogP contribution in [0.1, 0.15) is 29.3 Å². The van der Waals surface area contributed by atoms with Crippen molar-refractivity contribution in [1.29, 1.82) is 0 Å². The number of carbonyl (C=O) groups is 2. The zero-order valence-electron chi connectivity index (χ0n) is 21.9. The average Bonchev–Trinajstić information content (AvgIpc) is 3.76. The highest BCUT2D eigenvalue weighted by atomic mass is 32.1. The first-order valence-electron chi connectivity index (χ1n) is 12.9. The van der Waals surface area contributed by atoms with Crippen LogP contribution in [0.15, 0.2) is 66.0 Å². The summed E-state index contributed by atoms with van der Waals surface area (Å²) < 4.78 is 24.7. The maximum atomic E-state index is 13.8. The number of ether oxygens (including phenoxy) is 2. The Morgan fingerprint density at radius 1 is 1.20 bits per heavy atom. The molecule has 1 N–H and O–H groups in total. The summed E-state index contributed by atoms with van der Waals surface area (Å²) >= 11 is 1.47. The number of aromatic nitrogens is 4. The molecule has 0 aliphatic carbocycles. The van der Waals surface area contributed by atoms with Gasteiger partial charge >= 0.3 is 0 Å². The molecule has 3 heterocycles. The van der Waals surface area contributed by atoms with Crippen LogP contribution >= 0.6 is 11.3 Å². The van der Waals surface area contributed by atoms with Crippen LogP contribution in [-0.4, -0.2) is 63.3 Å². The summed E-state index contributed by atoms with van der Waals surface area (Å²) in [4.78, 5) is 31.0. The molecular formula is C28H29FN6O4S. The zero-order valence-corrected chi connectivity index (χ0v) is 22.7. The van der Waals surface area contributed by atoms with E-state index in [-0.39, 0.29) is 25.1 Å². The van der Waals surface area contributed by atoms with Gasteiger partial charge in [-0.1, -0.05) is 18.2 Å². The maximum absolute atomic E-state index is 13.8. The van der Waals surface area contributed by atoms with Crippen LogP contribution in [-0.2, 0) is 27.4 Å². The standard InChI is InChI=1S/C28H29FN6O4S/c1-38-22-12-8-20(9-13-22)27-31-33-35(32-27)18-25(36)34(17-24-5-3-15-40-24)26(19-6-10-21(29)11-7-19)28(37)30-16-23-4-2-14-39-23/h3,5-13,15,23,26H,2,4,14,16-18H2,1H3,(H,30,37)/t23-,26+/m1/s1. The summed E-state index contributed by atoms with van der Waals surface area (Å²) in [6.07, 6.45) is 1.72. The molecule has 1 saturated heterocycles. The van der Waals surface area contributed by atoms with Gasteiger partial charge in [0.05, 0.1) is 19.8 Å². The first-order chi connectivity index (χ1) is 19.5. The average molecular weight is 565 g/mol. The summed E-state index contributed by atoms with van der Waals surface area (Å²) in [7, 11) is 1.58. The second-order valence-electron chi connectivity index (χ2n) is 9.31. The highest BCUT2D eigenvalue weighted by Gasteiger charge is 2.33. The molecule has 1 aliphatic rings. The van der Waals surface area contributed by atoms with Gasteiger partial charge in [-0.3, -0.25) is 9.59 Å². The van der Waals surface area contributed by atoms with Crippen molar-refractivity contribution in [3.05, 3.63) is 82.3 Å². The number of tetrazole rings is 1. The normalized spacial score (nSPS) is 15.5. The van der Waals surface area contributed by atoms with E-state index in [1.807, 2.05) is 17.5 Å². The van der Waals surface area contributed by atoms with Crippen LogP contribution < -0.4 is 10.1 Å². The third kappa shape index (κ3) is 6.69. The van der Waals surface area contributed by atoms with Gasteiger partial charge in [0.2, 0.25) is 17.6 Å². The Labute approximate surface area is 234 Å². The Morgan fingerprint density at radius 2 is 2.00 bits per heavy atom. The lowest BCUT2D eigenvalue weighted by Crippen LogP contribution is -2.46. The summed E-state index contributed by atoms with van der Waals surface area (Å²) in [6.45, 7) is 0.916. The highest BCUT2D eigenvalue weighted by Crippen LogP contribution is 2.26. The highest BCUT2D eigenvalue weighted by molar-refractivity contribution is 7.09.